The summed E-state index contributed by atoms with van der Waals surface area (Å²) in [4.78, 5) is 15.9. The molecule has 28 heavy (non-hydrogen) atoms. The van der Waals surface area contributed by atoms with Crippen molar-refractivity contribution in [2.75, 3.05) is 13.7 Å². The van der Waals surface area contributed by atoms with Crippen molar-refractivity contribution in [3.8, 4) is 11.5 Å². The van der Waals surface area contributed by atoms with Crippen molar-refractivity contribution >= 4 is 16.8 Å². The fourth-order valence-corrected chi connectivity index (χ4v) is 4.04. The van der Waals surface area contributed by atoms with E-state index in [2.05, 4.69) is 22.4 Å². The summed E-state index contributed by atoms with van der Waals surface area (Å²) in [5.41, 5.74) is 6.88. The van der Waals surface area contributed by atoms with Crippen molar-refractivity contribution in [3.05, 3.63) is 58.3 Å². The van der Waals surface area contributed by atoms with E-state index in [4.69, 9.17) is 9.47 Å². The summed E-state index contributed by atoms with van der Waals surface area (Å²) in [7, 11) is 1.68. The third-order valence-corrected chi connectivity index (χ3v) is 5.69. The minimum absolute atomic E-state index is 0.0319. The molecule has 0 fully saturated rings. The first-order chi connectivity index (χ1) is 13.5. The molecule has 2 aromatic carbocycles. The third-order valence-electron chi connectivity index (χ3n) is 5.69. The molecule has 1 aliphatic carbocycles. The van der Waals surface area contributed by atoms with Gasteiger partial charge in [0, 0.05) is 29.1 Å². The van der Waals surface area contributed by atoms with Crippen molar-refractivity contribution in [1.29, 1.82) is 0 Å². The molecule has 4 rings (SSSR count). The summed E-state index contributed by atoms with van der Waals surface area (Å²) in [5.74, 6) is 1.57. The Balaban J connectivity index is 1.40. The zero-order valence-corrected chi connectivity index (χ0v) is 16.8. The number of ether oxygens (including phenoxy) is 2. The van der Waals surface area contributed by atoms with E-state index >= 15 is 0 Å². The van der Waals surface area contributed by atoms with Crippen LogP contribution < -0.4 is 14.8 Å². The molecule has 1 atom stereocenters. The highest BCUT2D eigenvalue weighted by Gasteiger charge is 2.27. The van der Waals surface area contributed by atoms with Gasteiger partial charge in [-0.3, -0.25) is 4.79 Å². The first-order valence-corrected chi connectivity index (χ1v) is 9.62. The van der Waals surface area contributed by atoms with Gasteiger partial charge < -0.3 is 19.8 Å². The zero-order chi connectivity index (χ0) is 19.8. The zero-order valence-electron chi connectivity index (χ0n) is 16.8. The van der Waals surface area contributed by atoms with Gasteiger partial charge in [0.25, 0.3) is 5.91 Å². The Labute approximate surface area is 165 Å². The number of H-pyrrole nitrogens is 1. The number of benzene rings is 2. The van der Waals surface area contributed by atoms with Crippen LogP contribution in [0.4, 0.5) is 0 Å². The van der Waals surface area contributed by atoms with Gasteiger partial charge in [0.15, 0.2) is 6.61 Å². The predicted octanol–water partition coefficient (Wildman–Crippen LogP) is 3.76. The molecule has 3 aromatic rings. The van der Waals surface area contributed by atoms with Crippen molar-refractivity contribution < 1.29 is 14.3 Å². The van der Waals surface area contributed by atoms with Gasteiger partial charge in [-0.1, -0.05) is 12.1 Å². The maximum absolute atomic E-state index is 12.5. The summed E-state index contributed by atoms with van der Waals surface area (Å²) in [6, 6.07) is 10.2. The van der Waals surface area contributed by atoms with E-state index in [1.807, 2.05) is 39.0 Å². The van der Waals surface area contributed by atoms with E-state index in [-0.39, 0.29) is 18.6 Å². The molecule has 0 saturated carbocycles. The highest BCUT2D eigenvalue weighted by atomic mass is 16.5. The van der Waals surface area contributed by atoms with Crippen LogP contribution in [0.2, 0.25) is 0 Å². The Morgan fingerprint density at radius 1 is 1.14 bits per heavy atom. The molecule has 0 saturated heterocycles. The Morgan fingerprint density at radius 3 is 2.71 bits per heavy atom. The molecule has 0 bridgehead atoms. The van der Waals surface area contributed by atoms with Crippen molar-refractivity contribution in [3.63, 3.8) is 0 Å². The lowest BCUT2D eigenvalue weighted by Crippen LogP contribution is -2.38. The van der Waals surface area contributed by atoms with Crippen molar-refractivity contribution in [2.45, 2.75) is 39.7 Å². The smallest absolute Gasteiger partial charge is 0.258 e. The number of fused-ring (bicyclic) bond motifs is 3. The second kappa shape index (κ2) is 7.23. The molecule has 1 aliphatic rings. The monoisotopic (exact) mass is 378 g/mol. The van der Waals surface area contributed by atoms with Gasteiger partial charge in [0.1, 0.15) is 11.5 Å². The molecule has 2 N–H and O–H groups in total. The van der Waals surface area contributed by atoms with Gasteiger partial charge in [-0.2, -0.15) is 0 Å². The second-order valence-corrected chi connectivity index (χ2v) is 7.61. The van der Waals surface area contributed by atoms with Crippen LogP contribution in [0, 0.1) is 20.8 Å². The Kier molecular flexibility index (Phi) is 4.75. The number of rotatable bonds is 5. The third kappa shape index (κ3) is 3.33. The lowest BCUT2D eigenvalue weighted by molar-refractivity contribution is -0.123. The molecule has 0 aliphatic heterocycles. The van der Waals surface area contributed by atoms with Crippen LogP contribution in [0.1, 0.15) is 27.9 Å². The van der Waals surface area contributed by atoms with Crippen LogP contribution >= 0.6 is 0 Å². The Morgan fingerprint density at radius 2 is 1.93 bits per heavy atom. The first kappa shape index (κ1) is 18.4. The summed E-state index contributed by atoms with van der Waals surface area (Å²) >= 11 is 0. The van der Waals surface area contributed by atoms with Crippen molar-refractivity contribution in [1.82, 2.24) is 10.3 Å². The molecular formula is C23H26N2O3. The van der Waals surface area contributed by atoms with E-state index in [0.717, 1.165) is 46.5 Å². The minimum atomic E-state index is -0.0858. The normalized spacial score (nSPS) is 15.5. The second-order valence-electron chi connectivity index (χ2n) is 7.61. The van der Waals surface area contributed by atoms with Gasteiger partial charge in [-0.15, -0.1) is 0 Å². The van der Waals surface area contributed by atoms with Crippen LogP contribution in [-0.2, 0) is 17.6 Å². The number of carbonyl (C=O) groups excluding carboxylic acids is 1. The van der Waals surface area contributed by atoms with Crippen molar-refractivity contribution in [2.24, 2.45) is 0 Å². The average Bonchev–Trinajstić information content (AvgIpc) is 3.21. The van der Waals surface area contributed by atoms with E-state index in [1.165, 1.54) is 16.6 Å². The predicted molar refractivity (Wildman–Crippen MR) is 110 cm³/mol. The van der Waals surface area contributed by atoms with Crippen LogP contribution in [0.25, 0.3) is 10.9 Å². The lowest BCUT2D eigenvalue weighted by Gasteiger charge is -2.16. The molecule has 5 heteroatoms. The first-order valence-electron chi connectivity index (χ1n) is 9.62. The topological polar surface area (TPSA) is 63.3 Å². The van der Waals surface area contributed by atoms with Gasteiger partial charge in [-0.05, 0) is 67.6 Å². The molecule has 0 radical (unpaired) electrons. The van der Waals surface area contributed by atoms with Crippen LogP contribution in [-0.4, -0.2) is 30.6 Å². The summed E-state index contributed by atoms with van der Waals surface area (Å²) in [6.07, 6.45) is 1.62. The van der Waals surface area contributed by atoms with Gasteiger partial charge >= 0.3 is 0 Å². The number of methoxy groups -OCH3 is 1. The largest absolute Gasteiger partial charge is 0.497 e. The summed E-state index contributed by atoms with van der Waals surface area (Å²) < 4.78 is 11.2. The molecule has 1 unspecified atom stereocenters. The minimum Gasteiger partial charge on any atom is -0.497 e. The molecule has 0 spiro atoms. The van der Waals surface area contributed by atoms with E-state index < -0.39 is 0 Å². The average molecular weight is 378 g/mol. The fourth-order valence-electron chi connectivity index (χ4n) is 4.04. The number of aryl methyl sites for hydroxylation is 2. The molecule has 5 nitrogen and oxygen atoms in total. The number of carbonyl (C=O) groups is 1. The van der Waals surface area contributed by atoms with Gasteiger partial charge in [-0.25, -0.2) is 0 Å². The van der Waals surface area contributed by atoms with E-state index in [1.54, 1.807) is 7.11 Å². The molecular weight excluding hydrogens is 352 g/mol. The number of aromatic amines is 1. The summed E-state index contributed by atoms with van der Waals surface area (Å²) in [5, 5.41) is 4.29. The maximum Gasteiger partial charge on any atom is 0.258 e. The highest BCUT2D eigenvalue weighted by molar-refractivity contribution is 5.87. The van der Waals surface area contributed by atoms with Crippen LogP contribution in [0.15, 0.2) is 30.3 Å². The standard InChI is InChI=1S/C23H26N2O3/c1-13-5-6-14(2)23(15(13)3)28-12-22(26)24-16-9-18-19-11-17(27-4)7-8-20(19)25-21(18)10-16/h5-8,11,16,25H,9-10,12H2,1-4H3,(H,24,26). The number of hydrogen-bond acceptors (Lipinski definition) is 3. The highest BCUT2D eigenvalue weighted by Crippen LogP contribution is 2.32. The SMILES string of the molecule is COc1ccc2[nH]c3c(c2c1)CC(NC(=O)COc1c(C)ccc(C)c1C)C3. The quantitative estimate of drug-likeness (QED) is 0.710. The van der Waals surface area contributed by atoms with Gasteiger partial charge in [0.2, 0.25) is 0 Å². The molecule has 1 heterocycles. The maximum atomic E-state index is 12.5. The molecule has 146 valence electrons. The number of hydrogen-bond donors (Lipinski definition) is 2. The van der Waals surface area contributed by atoms with Crippen LogP contribution in [0.3, 0.4) is 0 Å². The van der Waals surface area contributed by atoms with E-state index in [0.29, 0.717) is 0 Å². The van der Waals surface area contributed by atoms with Gasteiger partial charge in [0.05, 0.1) is 7.11 Å². The Bertz CT molecular complexity index is 1050. The summed E-state index contributed by atoms with van der Waals surface area (Å²) in [6.45, 7) is 6.11. The molecule has 1 aromatic heterocycles. The van der Waals surface area contributed by atoms with Crippen LogP contribution in [0.5, 0.6) is 11.5 Å². The van der Waals surface area contributed by atoms with E-state index in [9.17, 15) is 4.79 Å². The number of amides is 1. The molecule has 1 amide bonds. The number of aromatic nitrogens is 1. The number of nitrogens with one attached hydrogen (secondary N) is 2. The lowest BCUT2D eigenvalue weighted by atomic mass is 10.1. The Hall–Kier alpha value is -2.95. The fraction of sp³-hybridized carbons (Fsp3) is 0.348.